The van der Waals surface area contributed by atoms with Gasteiger partial charge in [-0.25, -0.2) is 0 Å². The molecule has 2 N–H and O–H groups in total. The number of hydrogen-bond donors (Lipinski definition) is 2. The first kappa shape index (κ1) is 12.6. The van der Waals surface area contributed by atoms with Gasteiger partial charge in [-0.15, -0.1) is 11.3 Å². The number of halogens is 1. The highest BCUT2D eigenvalue weighted by Crippen LogP contribution is 2.34. The molecule has 1 aliphatic rings. The Bertz CT molecular complexity index is 346. The zero-order chi connectivity index (χ0) is 11.7. The Morgan fingerprint density at radius 1 is 1.62 bits per heavy atom. The molecular formula is C12H18BrNOS. The van der Waals surface area contributed by atoms with Gasteiger partial charge in [-0.05, 0) is 54.2 Å². The molecule has 1 saturated heterocycles. The molecule has 3 atom stereocenters. The molecule has 0 amide bonds. The first-order chi connectivity index (χ1) is 7.58. The SMILES string of the molecule is Cc1sc(C(O)C2CC(C)CCN2)cc1Br. The van der Waals surface area contributed by atoms with E-state index in [1.807, 2.05) is 6.07 Å². The van der Waals surface area contributed by atoms with Gasteiger partial charge in [0.05, 0.1) is 0 Å². The summed E-state index contributed by atoms with van der Waals surface area (Å²) in [5.74, 6) is 0.713. The fraction of sp³-hybridized carbons (Fsp3) is 0.667. The summed E-state index contributed by atoms with van der Waals surface area (Å²) in [5.41, 5.74) is 0. The maximum absolute atomic E-state index is 10.3. The zero-order valence-corrected chi connectivity index (χ0v) is 12.1. The molecule has 1 fully saturated rings. The number of nitrogens with one attached hydrogen (secondary N) is 1. The van der Waals surface area contributed by atoms with E-state index < -0.39 is 0 Å². The number of thiophene rings is 1. The zero-order valence-electron chi connectivity index (χ0n) is 9.66. The normalized spacial score (nSPS) is 28.0. The van der Waals surface area contributed by atoms with Gasteiger partial charge in [-0.3, -0.25) is 0 Å². The monoisotopic (exact) mass is 303 g/mol. The maximum Gasteiger partial charge on any atom is 0.103 e. The number of aliphatic hydroxyl groups excluding tert-OH is 1. The van der Waals surface area contributed by atoms with Crippen LogP contribution < -0.4 is 5.32 Å². The number of hydrogen-bond acceptors (Lipinski definition) is 3. The van der Waals surface area contributed by atoms with E-state index in [0.29, 0.717) is 5.92 Å². The number of piperidine rings is 1. The lowest BCUT2D eigenvalue weighted by Gasteiger charge is -2.31. The van der Waals surface area contributed by atoms with Gasteiger partial charge < -0.3 is 10.4 Å². The molecule has 0 bridgehead atoms. The van der Waals surface area contributed by atoms with Crippen molar-refractivity contribution in [2.24, 2.45) is 5.92 Å². The van der Waals surface area contributed by atoms with E-state index in [0.717, 1.165) is 22.3 Å². The molecule has 2 heterocycles. The van der Waals surface area contributed by atoms with Crippen molar-refractivity contribution in [3.63, 3.8) is 0 Å². The predicted molar refractivity (Wildman–Crippen MR) is 71.9 cm³/mol. The summed E-state index contributed by atoms with van der Waals surface area (Å²) in [5, 5.41) is 13.7. The Morgan fingerprint density at radius 3 is 2.94 bits per heavy atom. The van der Waals surface area contributed by atoms with Gasteiger partial charge in [-0.1, -0.05) is 6.92 Å². The molecule has 16 heavy (non-hydrogen) atoms. The molecule has 1 aromatic heterocycles. The van der Waals surface area contributed by atoms with Gasteiger partial charge in [-0.2, -0.15) is 0 Å². The van der Waals surface area contributed by atoms with Gasteiger partial charge >= 0.3 is 0 Å². The molecule has 0 spiro atoms. The van der Waals surface area contributed by atoms with Crippen molar-refractivity contribution in [1.29, 1.82) is 0 Å². The van der Waals surface area contributed by atoms with E-state index in [2.05, 4.69) is 35.1 Å². The summed E-state index contributed by atoms with van der Waals surface area (Å²) in [6, 6.07) is 2.26. The topological polar surface area (TPSA) is 32.3 Å². The fourth-order valence-corrected chi connectivity index (χ4v) is 3.83. The van der Waals surface area contributed by atoms with Crippen molar-refractivity contribution in [3.05, 3.63) is 20.3 Å². The third-order valence-corrected chi connectivity index (χ3v) is 5.46. The van der Waals surface area contributed by atoms with Crippen LogP contribution >= 0.6 is 27.3 Å². The third kappa shape index (κ3) is 2.67. The molecule has 2 rings (SSSR count). The van der Waals surface area contributed by atoms with Gasteiger partial charge in [0.1, 0.15) is 6.10 Å². The Hall–Kier alpha value is 0.100. The van der Waals surface area contributed by atoms with Crippen molar-refractivity contribution < 1.29 is 5.11 Å². The molecule has 0 aromatic carbocycles. The first-order valence-electron chi connectivity index (χ1n) is 5.75. The smallest absolute Gasteiger partial charge is 0.103 e. The largest absolute Gasteiger partial charge is 0.386 e. The van der Waals surface area contributed by atoms with Crippen LogP contribution in [0.1, 0.15) is 35.6 Å². The van der Waals surface area contributed by atoms with E-state index >= 15 is 0 Å². The highest BCUT2D eigenvalue weighted by Gasteiger charge is 2.27. The van der Waals surface area contributed by atoms with Crippen LogP contribution in [-0.4, -0.2) is 17.7 Å². The fourth-order valence-electron chi connectivity index (χ4n) is 2.22. The van der Waals surface area contributed by atoms with E-state index in [-0.39, 0.29) is 12.1 Å². The van der Waals surface area contributed by atoms with Gasteiger partial charge in [0.2, 0.25) is 0 Å². The lowest BCUT2D eigenvalue weighted by molar-refractivity contribution is 0.104. The first-order valence-corrected chi connectivity index (χ1v) is 7.36. The Kier molecular flexibility index (Phi) is 4.06. The van der Waals surface area contributed by atoms with Crippen LogP contribution in [0.4, 0.5) is 0 Å². The second kappa shape index (κ2) is 5.17. The van der Waals surface area contributed by atoms with Crippen LogP contribution in [0.5, 0.6) is 0 Å². The van der Waals surface area contributed by atoms with Crippen molar-refractivity contribution in [3.8, 4) is 0 Å². The Labute approximate surface area is 109 Å². The summed E-state index contributed by atoms with van der Waals surface area (Å²) in [6.45, 7) is 5.35. The molecule has 3 unspecified atom stereocenters. The average Bonchev–Trinajstić information content (AvgIpc) is 2.58. The number of rotatable bonds is 2. The molecule has 90 valence electrons. The summed E-state index contributed by atoms with van der Waals surface area (Å²) in [6.07, 6.45) is 1.92. The minimum absolute atomic E-state index is 0.216. The Morgan fingerprint density at radius 2 is 2.38 bits per heavy atom. The summed E-state index contributed by atoms with van der Waals surface area (Å²) in [4.78, 5) is 2.30. The highest BCUT2D eigenvalue weighted by molar-refractivity contribution is 9.10. The number of aryl methyl sites for hydroxylation is 1. The van der Waals surface area contributed by atoms with Crippen LogP contribution in [0.3, 0.4) is 0 Å². The van der Waals surface area contributed by atoms with Crippen molar-refractivity contribution in [1.82, 2.24) is 5.32 Å². The summed E-state index contributed by atoms with van der Waals surface area (Å²) < 4.78 is 1.11. The van der Waals surface area contributed by atoms with Crippen LogP contribution in [0.15, 0.2) is 10.5 Å². The van der Waals surface area contributed by atoms with Crippen molar-refractivity contribution >= 4 is 27.3 Å². The lowest BCUT2D eigenvalue weighted by atomic mass is 9.91. The average molecular weight is 304 g/mol. The van der Waals surface area contributed by atoms with Crippen LogP contribution in [-0.2, 0) is 0 Å². The molecule has 1 aliphatic heterocycles. The molecule has 4 heteroatoms. The predicted octanol–water partition coefficient (Wildman–Crippen LogP) is 3.24. The quantitative estimate of drug-likeness (QED) is 0.879. The minimum atomic E-state index is -0.363. The molecule has 0 saturated carbocycles. The van der Waals surface area contributed by atoms with Crippen LogP contribution in [0, 0.1) is 12.8 Å². The second-order valence-corrected chi connectivity index (χ2v) is 6.83. The third-order valence-electron chi connectivity index (χ3n) is 3.25. The summed E-state index contributed by atoms with van der Waals surface area (Å²) in [7, 11) is 0. The minimum Gasteiger partial charge on any atom is -0.386 e. The van der Waals surface area contributed by atoms with Crippen LogP contribution in [0.25, 0.3) is 0 Å². The molecule has 1 aromatic rings. The highest BCUT2D eigenvalue weighted by atomic mass is 79.9. The second-order valence-electron chi connectivity index (χ2n) is 4.69. The molecule has 2 nitrogen and oxygen atoms in total. The van der Waals surface area contributed by atoms with Gasteiger partial charge in [0, 0.05) is 20.3 Å². The molecular weight excluding hydrogens is 286 g/mol. The van der Waals surface area contributed by atoms with Crippen molar-refractivity contribution in [2.45, 2.75) is 38.8 Å². The standard InChI is InChI=1S/C12H18BrNOS/c1-7-3-4-14-10(5-7)12(15)11-6-9(13)8(2)16-11/h6-7,10,12,14-15H,3-5H2,1-2H3. The van der Waals surface area contributed by atoms with E-state index in [9.17, 15) is 5.11 Å². The van der Waals surface area contributed by atoms with Gasteiger partial charge in [0.25, 0.3) is 0 Å². The maximum atomic E-state index is 10.3. The molecule has 0 aliphatic carbocycles. The van der Waals surface area contributed by atoms with Crippen LogP contribution in [0.2, 0.25) is 0 Å². The Balaban J connectivity index is 2.08. The lowest BCUT2D eigenvalue weighted by Crippen LogP contribution is -2.41. The summed E-state index contributed by atoms with van der Waals surface area (Å²) >= 11 is 5.18. The van der Waals surface area contributed by atoms with Gasteiger partial charge in [0.15, 0.2) is 0 Å². The van der Waals surface area contributed by atoms with E-state index in [1.165, 1.54) is 11.3 Å². The molecule has 0 radical (unpaired) electrons. The van der Waals surface area contributed by atoms with E-state index in [4.69, 9.17) is 0 Å². The van der Waals surface area contributed by atoms with E-state index in [1.54, 1.807) is 11.3 Å². The van der Waals surface area contributed by atoms with Crippen molar-refractivity contribution in [2.75, 3.05) is 6.54 Å². The number of aliphatic hydroxyl groups is 1.